The highest BCUT2D eigenvalue weighted by Crippen LogP contribution is 2.41. The molecule has 1 aliphatic heterocycles. The van der Waals surface area contributed by atoms with E-state index in [1.165, 1.54) is 39.0 Å². The van der Waals surface area contributed by atoms with Crippen molar-refractivity contribution in [1.82, 2.24) is 4.90 Å². The predicted octanol–water partition coefficient (Wildman–Crippen LogP) is 7.55. The summed E-state index contributed by atoms with van der Waals surface area (Å²) in [7, 11) is 0. The second kappa shape index (κ2) is 12.3. The summed E-state index contributed by atoms with van der Waals surface area (Å²) in [5, 5.41) is 9.59. The molecule has 1 aliphatic carbocycles. The second-order valence-electron chi connectivity index (χ2n) is 10.8. The zero-order chi connectivity index (χ0) is 25.9. The number of fused-ring (bicyclic) bond motifs is 1. The third-order valence-electron chi connectivity index (χ3n) is 7.91. The fourth-order valence-corrected chi connectivity index (χ4v) is 6.08. The minimum absolute atomic E-state index is 0. The number of halogens is 2. The van der Waals surface area contributed by atoms with Gasteiger partial charge in [0.05, 0.1) is 12.2 Å². The van der Waals surface area contributed by atoms with Crippen LogP contribution in [0.5, 0.6) is 0 Å². The standard InChI is InChI=1S/C33H36FNO2.ClH/c1-22-7-13-29(23(2)17-22)31-6-3-5-27-19-28(33(36)37)12-14-30(27)32(31)26-10-8-24(9-11-26)18-25-20-35(21-25)16-4-15-34;/h7-14,17,19,25H,3-6,15-16,18,20-21H2,1-2H3,(H,36,37);1H. The lowest BCUT2D eigenvalue weighted by Crippen LogP contribution is -2.47. The average Bonchev–Trinajstić information content (AvgIpc) is 3.04. The van der Waals surface area contributed by atoms with Gasteiger partial charge in [-0.25, -0.2) is 4.79 Å². The van der Waals surface area contributed by atoms with Gasteiger partial charge < -0.3 is 10.0 Å². The van der Waals surface area contributed by atoms with Crippen LogP contribution in [0.4, 0.5) is 4.39 Å². The van der Waals surface area contributed by atoms with E-state index >= 15 is 0 Å². The monoisotopic (exact) mass is 533 g/mol. The van der Waals surface area contributed by atoms with Crippen molar-refractivity contribution < 1.29 is 14.3 Å². The summed E-state index contributed by atoms with van der Waals surface area (Å²) >= 11 is 0. The Labute approximate surface area is 231 Å². The van der Waals surface area contributed by atoms with Gasteiger partial charge in [0.1, 0.15) is 0 Å². The second-order valence-corrected chi connectivity index (χ2v) is 10.8. The van der Waals surface area contributed by atoms with Gasteiger partial charge in [-0.1, -0.05) is 54.1 Å². The summed E-state index contributed by atoms with van der Waals surface area (Å²) in [6, 6.07) is 21.3. The highest BCUT2D eigenvalue weighted by molar-refractivity contribution is 6.01. The molecule has 1 saturated heterocycles. The number of nitrogens with zero attached hydrogens (tertiary/aromatic N) is 1. The Kier molecular flexibility index (Phi) is 9.07. The smallest absolute Gasteiger partial charge is 0.335 e. The van der Waals surface area contributed by atoms with E-state index in [4.69, 9.17) is 0 Å². The molecule has 1 N–H and O–H groups in total. The van der Waals surface area contributed by atoms with Crippen LogP contribution in [0.15, 0.2) is 60.7 Å². The van der Waals surface area contributed by atoms with Gasteiger partial charge in [0.2, 0.25) is 0 Å². The quantitative estimate of drug-likeness (QED) is 0.325. The lowest BCUT2D eigenvalue weighted by atomic mass is 9.85. The molecule has 2 aliphatic rings. The molecule has 0 amide bonds. The number of allylic oxidation sites excluding steroid dienone is 1. The fraction of sp³-hybridized carbons (Fsp3) is 0.364. The summed E-state index contributed by atoms with van der Waals surface area (Å²) in [6.07, 6.45) is 4.49. The maximum Gasteiger partial charge on any atom is 0.335 e. The maximum absolute atomic E-state index is 12.4. The van der Waals surface area contributed by atoms with E-state index < -0.39 is 5.97 Å². The fourth-order valence-electron chi connectivity index (χ4n) is 6.08. The first-order valence-corrected chi connectivity index (χ1v) is 13.5. The van der Waals surface area contributed by atoms with Gasteiger partial charge in [-0.05, 0) is 109 Å². The van der Waals surface area contributed by atoms with Crippen molar-refractivity contribution in [3.8, 4) is 0 Å². The molecule has 0 saturated carbocycles. The number of rotatable bonds is 8. The molecule has 1 fully saturated rings. The normalized spacial score (nSPS) is 15.9. The van der Waals surface area contributed by atoms with Gasteiger partial charge in [0.15, 0.2) is 0 Å². The molecule has 0 bridgehead atoms. The van der Waals surface area contributed by atoms with Gasteiger partial charge in [0, 0.05) is 19.6 Å². The summed E-state index contributed by atoms with van der Waals surface area (Å²) in [5.74, 6) is -0.237. The zero-order valence-corrected chi connectivity index (χ0v) is 23.1. The van der Waals surface area contributed by atoms with Gasteiger partial charge in [-0.15, -0.1) is 12.4 Å². The van der Waals surface area contributed by atoms with Crippen molar-refractivity contribution in [1.29, 1.82) is 0 Å². The summed E-state index contributed by atoms with van der Waals surface area (Å²) in [6.45, 7) is 7.06. The number of hydrogen-bond acceptors (Lipinski definition) is 2. The molecule has 3 aromatic rings. The Morgan fingerprint density at radius 3 is 2.39 bits per heavy atom. The van der Waals surface area contributed by atoms with Crippen molar-refractivity contribution in [2.75, 3.05) is 26.3 Å². The van der Waals surface area contributed by atoms with Crippen molar-refractivity contribution in [3.63, 3.8) is 0 Å². The van der Waals surface area contributed by atoms with E-state index in [9.17, 15) is 14.3 Å². The van der Waals surface area contributed by atoms with Crippen molar-refractivity contribution in [3.05, 3.63) is 105 Å². The number of carbonyl (C=O) groups is 1. The first-order chi connectivity index (χ1) is 17.9. The van der Waals surface area contributed by atoms with E-state index in [0.717, 1.165) is 56.4 Å². The number of benzene rings is 3. The highest BCUT2D eigenvalue weighted by atomic mass is 35.5. The maximum atomic E-state index is 12.4. The Hall–Kier alpha value is -2.95. The first-order valence-electron chi connectivity index (χ1n) is 13.5. The topological polar surface area (TPSA) is 40.5 Å². The predicted molar refractivity (Wildman–Crippen MR) is 156 cm³/mol. The summed E-state index contributed by atoms with van der Waals surface area (Å²) in [5.41, 5.74) is 11.5. The van der Waals surface area contributed by atoms with Crippen molar-refractivity contribution in [2.45, 2.75) is 46.0 Å². The van der Waals surface area contributed by atoms with Crippen LogP contribution in [-0.4, -0.2) is 42.3 Å². The Balaban J connectivity index is 0.00000336. The number of hydrogen-bond donors (Lipinski definition) is 1. The Morgan fingerprint density at radius 2 is 1.71 bits per heavy atom. The number of likely N-dealkylation sites (tertiary alicyclic amines) is 1. The van der Waals surface area contributed by atoms with Gasteiger partial charge >= 0.3 is 5.97 Å². The largest absolute Gasteiger partial charge is 0.478 e. The third-order valence-corrected chi connectivity index (χ3v) is 7.91. The van der Waals surface area contributed by atoms with Crippen LogP contribution in [0, 0.1) is 19.8 Å². The molecular weight excluding hydrogens is 497 g/mol. The lowest BCUT2D eigenvalue weighted by Gasteiger charge is -2.39. The highest BCUT2D eigenvalue weighted by Gasteiger charge is 2.26. The third kappa shape index (κ3) is 6.03. The van der Waals surface area contributed by atoms with Crippen molar-refractivity contribution in [2.24, 2.45) is 5.92 Å². The first kappa shape index (κ1) is 28.1. The minimum atomic E-state index is -0.879. The average molecular weight is 534 g/mol. The molecule has 3 aromatic carbocycles. The molecule has 0 atom stereocenters. The molecule has 200 valence electrons. The van der Waals surface area contributed by atoms with Crippen LogP contribution in [0.3, 0.4) is 0 Å². The molecule has 0 aromatic heterocycles. The molecule has 1 heterocycles. The Bertz CT molecular complexity index is 1330. The van der Waals surface area contributed by atoms with E-state index in [2.05, 4.69) is 61.2 Å². The number of aryl methyl sites for hydroxylation is 3. The molecular formula is C33H37ClFNO2. The lowest BCUT2D eigenvalue weighted by molar-refractivity contribution is 0.0696. The van der Waals surface area contributed by atoms with Crippen LogP contribution in [0.1, 0.15) is 68.6 Å². The summed E-state index contributed by atoms with van der Waals surface area (Å²) < 4.78 is 12.4. The van der Waals surface area contributed by atoms with Crippen LogP contribution in [0.25, 0.3) is 11.1 Å². The molecule has 5 heteroatoms. The Morgan fingerprint density at radius 1 is 0.974 bits per heavy atom. The van der Waals surface area contributed by atoms with Crippen LogP contribution >= 0.6 is 12.4 Å². The van der Waals surface area contributed by atoms with Crippen LogP contribution in [0.2, 0.25) is 0 Å². The van der Waals surface area contributed by atoms with E-state index in [-0.39, 0.29) is 19.1 Å². The SMILES string of the molecule is Cc1ccc(C2=C(c3ccc(CC4CN(CCCF)C4)cc3)c3ccc(C(=O)O)cc3CCC2)c(C)c1.Cl. The number of carboxylic acid groups (broad SMARTS) is 1. The van der Waals surface area contributed by atoms with Crippen molar-refractivity contribution >= 4 is 29.5 Å². The van der Waals surface area contributed by atoms with Gasteiger partial charge in [-0.3, -0.25) is 4.39 Å². The minimum Gasteiger partial charge on any atom is -0.478 e. The number of aromatic carboxylic acids is 1. The van der Waals surface area contributed by atoms with Gasteiger partial charge in [0.25, 0.3) is 0 Å². The number of carboxylic acids is 1. The molecule has 0 spiro atoms. The van der Waals surface area contributed by atoms with Crippen LogP contribution in [-0.2, 0) is 12.8 Å². The van der Waals surface area contributed by atoms with E-state index in [1.54, 1.807) is 6.07 Å². The number of alkyl halides is 1. The zero-order valence-electron chi connectivity index (χ0n) is 22.3. The van der Waals surface area contributed by atoms with E-state index in [0.29, 0.717) is 17.9 Å². The molecule has 38 heavy (non-hydrogen) atoms. The van der Waals surface area contributed by atoms with Crippen LogP contribution < -0.4 is 0 Å². The van der Waals surface area contributed by atoms with E-state index in [1.807, 2.05) is 12.1 Å². The molecule has 5 rings (SSSR count). The van der Waals surface area contributed by atoms with Gasteiger partial charge in [-0.2, -0.15) is 0 Å². The molecule has 0 radical (unpaired) electrons. The molecule has 0 unspecified atom stereocenters. The molecule has 3 nitrogen and oxygen atoms in total. The summed E-state index contributed by atoms with van der Waals surface area (Å²) in [4.78, 5) is 14.0.